The summed E-state index contributed by atoms with van der Waals surface area (Å²) >= 11 is 0. The van der Waals surface area contributed by atoms with E-state index in [1.165, 1.54) is 84.3 Å². The summed E-state index contributed by atoms with van der Waals surface area (Å²) < 4.78 is 0. The fraction of sp³-hybridized carbons (Fsp3) is 1.00. The molecule has 0 amide bonds. The van der Waals surface area contributed by atoms with Gasteiger partial charge in [0, 0.05) is 25.7 Å². The summed E-state index contributed by atoms with van der Waals surface area (Å²) in [6.07, 6.45) is 8.62. The van der Waals surface area contributed by atoms with Gasteiger partial charge in [-0.3, -0.25) is 4.90 Å². The molecular weight excluding hydrogens is 222 g/mol. The molecule has 0 saturated carbocycles. The second kappa shape index (κ2) is 6.36. The van der Waals surface area contributed by atoms with E-state index in [1.54, 1.807) is 0 Å². The Morgan fingerprint density at radius 2 is 2.06 bits per heavy atom. The van der Waals surface area contributed by atoms with E-state index in [1.807, 2.05) is 0 Å². The first-order chi connectivity index (χ1) is 8.92. The SMILES string of the molecule is C1CCN2CCN(CCCC3CCNC3)CC2C1. The van der Waals surface area contributed by atoms with Crippen LogP contribution in [0.4, 0.5) is 0 Å². The van der Waals surface area contributed by atoms with Crippen molar-refractivity contribution in [3.63, 3.8) is 0 Å². The van der Waals surface area contributed by atoms with Gasteiger partial charge < -0.3 is 10.2 Å². The molecule has 3 heterocycles. The van der Waals surface area contributed by atoms with E-state index in [4.69, 9.17) is 0 Å². The standard InChI is InChI=1S/C15H29N3/c1-2-9-18-11-10-17(13-15(18)5-1)8-3-4-14-6-7-16-12-14/h14-16H,1-13H2. The molecule has 18 heavy (non-hydrogen) atoms. The van der Waals surface area contributed by atoms with Crippen molar-refractivity contribution in [1.29, 1.82) is 0 Å². The van der Waals surface area contributed by atoms with Gasteiger partial charge >= 0.3 is 0 Å². The van der Waals surface area contributed by atoms with Gasteiger partial charge in [-0.1, -0.05) is 6.42 Å². The number of piperazine rings is 1. The topological polar surface area (TPSA) is 18.5 Å². The Labute approximate surface area is 112 Å². The lowest BCUT2D eigenvalue weighted by molar-refractivity contribution is 0.0482. The minimum Gasteiger partial charge on any atom is -0.316 e. The molecule has 3 nitrogen and oxygen atoms in total. The zero-order chi connectivity index (χ0) is 12.2. The Morgan fingerprint density at radius 3 is 2.94 bits per heavy atom. The Kier molecular flexibility index (Phi) is 4.55. The first kappa shape index (κ1) is 12.9. The van der Waals surface area contributed by atoms with Crippen molar-refractivity contribution in [1.82, 2.24) is 15.1 Å². The zero-order valence-electron chi connectivity index (χ0n) is 11.7. The predicted octanol–water partition coefficient (Wildman–Crippen LogP) is 1.55. The summed E-state index contributed by atoms with van der Waals surface area (Å²) in [6, 6.07) is 0.889. The molecule has 0 spiro atoms. The van der Waals surface area contributed by atoms with Crippen LogP contribution in [0.25, 0.3) is 0 Å². The third kappa shape index (κ3) is 3.25. The lowest BCUT2D eigenvalue weighted by atomic mass is 9.98. The van der Waals surface area contributed by atoms with Crippen molar-refractivity contribution in [2.24, 2.45) is 5.92 Å². The molecule has 3 rings (SSSR count). The average Bonchev–Trinajstić information content (AvgIpc) is 2.92. The molecular formula is C15H29N3. The predicted molar refractivity (Wildman–Crippen MR) is 75.9 cm³/mol. The molecule has 3 heteroatoms. The van der Waals surface area contributed by atoms with Gasteiger partial charge in [0.05, 0.1) is 0 Å². The van der Waals surface area contributed by atoms with Crippen LogP contribution in [-0.2, 0) is 0 Å². The summed E-state index contributed by atoms with van der Waals surface area (Å²) in [7, 11) is 0. The maximum absolute atomic E-state index is 3.48. The molecule has 0 bridgehead atoms. The number of piperidine rings is 1. The van der Waals surface area contributed by atoms with Crippen LogP contribution in [0.5, 0.6) is 0 Å². The lowest BCUT2D eigenvalue weighted by Crippen LogP contribution is -2.54. The Balaban J connectivity index is 1.35. The van der Waals surface area contributed by atoms with E-state index < -0.39 is 0 Å². The molecule has 2 unspecified atom stereocenters. The van der Waals surface area contributed by atoms with E-state index in [-0.39, 0.29) is 0 Å². The maximum Gasteiger partial charge on any atom is 0.0223 e. The quantitative estimate of drug-likeness (QED) is 0.818. The van der Waals surface area contributed by atoms with Gasteiger partial charge in [0.25, 0.3) is 0 Å². The van der Waals surface area contributed by atoms with Gasteiger partial charge in [0.1, 0.15) is 0 Å². The first-order valence-corrected chi connectivity index (χ1v) is 8.09. The van der Waals surface area contributed by atoms with Crippen molar-refractivity contribution < 1.29 is 0 Å². The number of hydrogen-bond donors (Lipinski definition) is 1. The van der Waals surface area contributed by atoms with Crippen molar-refractivity contribution in [2.75, 3.05) is 45.8 Å². The minimum absolute atomic E-state index is 0.889. The number of hydrogen-bond acceptors (Lipinski definition) is 3. The molecule has 1 N–H and O–H groups in total. The monoisotopic (exact) mass is 251 g/mol. The largest absolute Gasteiger partial charge is 0.316 e. The fourth-order valence-electron chi connectivity index (χ4n) is 3.99. The van der Waals surface area contributed by atoms with Crippen LogP contribution < -0.4 is 5.32 Å². The molecule has 3 saturated heterocycles. The highest BCUT2D eigenvalue weighted by atomic mass is 15.3. The van der Waals surface area contributed by atoms with Crippen molar-refractivity contribution in [3.8, 4) is 0 Å². The van der Waals surface area contributed by atoms with Crippen LogP contribution >= 0.6 is 0 Å². The van der Waals surface area contributed by atoms with Gasteiger partial charge in [-0.2, -0.15) is 0 Å². The summed E-state index contributed by atoms with van der Waals surface area (Å²) in [4.78, 5) is 5.47. The van der Waals surface area contributed by atoms with Gasteiger partial charge in [-0.05, 0) is 64.2 Å². The minimum atomic E-state index is 0.889. The third-order valence-electron chi connectivity index (χ3n) is 5.17. The zero-order valence-corrected chi connectivity index (χ0v) is 11.7. The molecule has 3 aliphatic heterocycles. The number of nitrogens with one attached hydrogen (secondary N) is 1. The van der Waals surface area contributed by atoms with Gasteiger partial charge in [-0.25, -0.2) is 0 Å². The molecule has 2 atom stereocenters. The molecule has 3 aliphatic rings. The molecule has 104 valence electrons. The summed E-state index contributed by atoms with van der Waals surface area (Å²) in [5.41, 5.74) is 0. The van der Waals surface area contributed by atoms with Crippen molar-refractivity contribution in [3.05, 3.63) is 0 Å². The first-order valence-electron chi connectivity index (χ1n) is 8.09. The van der Waals surface area contributed by atoms with E-state index in [2.05, 4.69) is 15.1 Å². The smallest absolute Gasteiger partial charge is 0.0223 e. The van der Waals surface area contributed by atoms with Gasteiger partial charge in [0.2, 0.25) is 0 Å². The van der Waals surface area contributed by atoms with Crippen LogP contribution in [0.2, 0.25) is 0 Å². The van der Waals surface area contributed by atoms with Crippen LogP contribution in [-0.4, -0.2) is 61.7 Å². The second-order valence-corrected chi connectivity index (χ2v) is 6.49. The number of rotatable bonds is 4. The Bertz CT molecular complexity index is 250. The Morgan fingerprint density at radius 1 is 1.06 bits per heavy atom. The van der Waals surface area contributed by atoms with Gasteiger partial charge in [0.15, 0.2) is 0 Å². The van der Waals surface area contributed by atoms with Crippen LogP contribution in [0.3, 0.4) is 0 Å². The van der Waals surface area contributed by atoms with Crippen LogP contribution in [0.15, 0.2) is 0 Å². The molecule has 0 aromatic carbocycles. The van der Waals surface area contributed by atoms with E-state index >= 15 is 0 Å². The Hall–Kier alpha value is -0.120. The van der Waals surface area contributed by atoms with E-state index in [0.29, 0.717) is 0 Å². The highest BCUT2D eigenvalue weighted by Crippen LogP contribution is 2.22. The van der Waals surface area contributed by atoms with E-state index in [0.717, 1.165) is 12.0 Å². The molecule has 3 fully saturated rings. The fourth-order valence-corrected chi connectivity index (χ4v) is 3.99. The van der Waals surface area contributed by atoms with Crippen LogP contribution in [0.1, 0.15) is 38.5 Å². The summed E-state index contributed by atoms with van der Waals surface area (Å²) in [5, 5.41) is 3.48. The summed E-state index contributed by atoms with van der Waals surface area (Å²) in [5.74, 6) is 0.973. The third-order valence-corrected chi connectivity index (χ3v) is 5.17. The molecule has 0 aromatic rings. The van der Waals surface area contributed by atoms with Gasteiger partial charge in [-0.15, -0.1) is 0 Å². The molecule has 0 radical (unpaired) electrons. The summed E-state index contributed by atoms with van der Waals surface area (Å²) in [6.45, 7) is 9.24. The lowest BCUT2D eigenvalue weighted by Gasteiger charge is -2.44. The number of fused-ring (bicyclic) bond motifs is 1. The highest BCUT2D eigenvalue weighted by Gasteiger charge is 2.28. The average molecular weight is 251 g/mol. The second-order valence-electron chi connectivity index (χ2n) is 6.49. The van der Waals surface area contributed by atoms with Crippen molar-refractivity contribution >= 4 is 0 Å². The normalized spacial score (nSPS) is 34.7. The van der Waals surface area contributed by atoms with Crippen molar-refractivity contribution in [2.45, 2.75) is 44.6 Å². The highest BCUT2D eigenvalue weighted by molar-refractivity contribution is 4.85. The van der Waals surface area contributed by atoms with Crippen LogP contribution in [0, 0.1) is 5.92 Å². The van der Waals surface area contributed by atoms with E-state index in [9.17, 15) is 0 Å². The molecule has 0 aliphatic carbocycles. The number of nitrogens with zero attached hydrogens (tertiary/aromatic N) is 2. The molecule has 0 aromatic heterocycles. The maximum atomic E-state index is 3.48.